The Morgan fingerprint density at radius 1 is 0.750 bits per heavy atom. The highest BCUT2D eigenvalue weighted by atomic mass is 16.6. The third-order valence-electron chi connectivity index (χ3n) is 3.87. The molecule has 0 aliphatic carbocycles. The zero-order chi connectivity index (χ0) is 23.7. The standard InChI is InChI=1S/C22H22N2O8/c1-13(25)31-19-6-4-16(10-20(19)32-14(2)26)12-24-22(30)8-7-21(29)23-11-15-3-5-17(27)18(28)9-15/h3-10,27-28H,11-12H2,1-2H3,(H,23,29)(H,24,30)/b8-7-. The quantitative estimate of drug-likeness (QED) is 0.207. The van der Waals surface area contributed by atoms with E-state index in [4.69, 9.17) is 9.47 Å². The van der Waals surface area contributed by atoms with Crippen LogP contribution in [0.5, 0.6) is 23.0 Å². The fourth-order valence-electron chi connectivity index (χ4n) is 2.46. The van der Waals surface area contributed by atoms with Crippen molar-refractivity contribution in [1.82, 2.24) is 10.6 Å². The molecule has 0 spiro atoms. The monoisotopic (exact) mass is 442 g/mol. The van der Waals surface area contributed by atoms with Crippen molar-refractivity contribution in [3.8, 4) is 23.0 Å². The van der Waals surface area contributed by atoms with Crippen LogP contribution in [-0.4, -0.2) is 34.0 Å². The van der Waals surface area contributed by atoms with E-state index in [-0.39, 0.29) is 36.1 Å². The molecule has 168 valence electrons. The first-order valence-corrected chi connectivity index (χ1v) is 9.38. The van der Waals surface area contributed by atoms with Gasteiger partial charge in [0, 0.05) is 39.1 Å². The van der Waals surface area contributed by atoms with Gasteiger partial charge in [0.2, 0.25) is 11.8 Å². The highest BCUT2D eigenvalue weighted by molar-refractivity contribution is 5.96. The first kappa shape index (κ1) is 23.9. The van der Waals surface area contributed by atoms with Gasteiger partial charge < -0.3 is 30.3 Å². The van der Waals surface area contributed by atoms with E-state index in [0.717, 1.165) is 12.2 Å². The van der Waals surface area contributed by atoms with Crippen molar-refractivity contribution in [2.45, 2.75) is 26.9 Å². The number of rotatable bonds is 8. The number of nitrogens with one attached hydrogen (secondary N) is 2. The average Bonchev–Trinajstić information content (AvgIpc) is 2.72. The van der Waals surface area contributed by atoms with Crippen LogP contribution in [0.3, 0.4) is 0 Å². The van der Waals surface area contributed by atoms with Crippen LogP contribution in [0.15, 0.2) is 48.6 Å². The Bertz CT molecular complexity index is 1060. The summed E-state index contributed by atoms with van der Waals surface area (Å²) in [5.41, 5.74) is 1.13. The Morgan fingerprint density at radius 2 is 1.25 bits per heavy atom. The second kappa shape index (κ2) is 11.2. The maximum atomic E-state index is 12.0. The minimum absolute atomic E-state index is 0.0367. The van der Waals surface area contributed by atoms with E-state index >= 15 is 0 Å². The summed E-state index contributed by atoms with van der Waals surface area (Å²) in [6.45, 7) is 2.56. The molecule has 0 bridgehead atoms. The molecule has 10 nitrogen and oxygen atoms in total. The van der Waals surface area contributed by atoms with Crippen molar-refractivity contribution in [1.29, 1.82) is 0 Å². The smallest absolute Gasteiger partial charge is 0.308 e. The van der Waals surface area contributed by atoms with Crippen LogP contribution in [0.2, 0.25) is 0 Å². The van der Waals surface area contributed by atoms with E-state index < -0.39 is 23.8 Å². The van der Waals surface area contributed by atoms with Crippen LogP contribution in [-0.2, 0) is 32.3 Å². The molecule has 0 saturated heterocycles. The topological polar surface area (TPSA) is 151 Å². The summed E-state index contributed by atoms with van der Waals surface area (Å²) in [7, 11) is 0. The van der Waals surface area contributed by atoms with Crippen molar-refractivity contribution in [2.24, 2.45) is 0 Å². The van der Waals surface area contributed by atoms with E-state index in [2.05, 4.69) is 10.6 Å². The maximum Gasteiger partial charge on any atom is 0.308 e. The summed E-state index contributed by atoms with van der Waals surface area (Å²) in [4.78, 5) is 46.2. The molecule has 0 atom stereocenters. The van der Waals surface area contributed by atoms with Gasteiger partial charge in [-0.2, -0.15) is 0 Å². The summed E-state index contributed by atoms with van der Waals surface area (Å²) in [5, 5.41) is 23.8. The molecule has 2 amide bonds. The number of phenolic OH excluding ortho intramolecular Hbond substituents is 2. The van der Waals surface area contributed by atoms with Gasteiger partial charge in [-0.05, 0) is 35.4 Å². The van der Waals surface area contributed by atoms with E-state index in [0.29, 0.717) is 11.1 Å². The van der Waals surface area contributed by atoms with Crippen LogP contribution in [0.1, 0.15) is 25.0 Å². The normalized spacial score (nSPS) is 10.4. The number of phenols is 2. The number of esters is 2. The number of carbonyl (C=O) groups excluding carboxylic acids is 4. The van der Waals surface area contributed by atoms with Gasteiger partial charge in [-0.1, -0.05) is 12.1 Å². The molecule has 0 aliphatic heterocycles. The van der Waals surface area contributed by atoms with E-state index in [1.807, 2.05) is 0 Å². The molecule has 2 rings (SSSR count). The highest BCUT2D eigenvalue weighted by Gasteiger charge is 2.11. The van der Waals surface area contributed by atoms with Gasteiger partial charge in [0.05, 0.1) is 0 Å². The summed E-state index contributed by atoms with van der Waals surface area (Å²) < 4.78 is 10.00. The van der Waals surface area contributed by atoms with Crippen molar-refractivity contribution in [3.63, 3.8) is 0 Å². The second-order valence-corrected chi connectivity index (χ2v) is 6.56. The van der Waals surface area contributed by atoms with Gasteiger partial charge in [0.1, 0.15) is 0 Å². The lowest BCUT2D eigenvalue weighted by Gasteiger charge is -2.10. The van der Waals surface area contributed by atoms with E-state index in [1.165, 1.54) is 44.2 Å². The molecule has 0 heterocycles. The van der Waals surface area contributed by atoms with Crippen LogP contribution in [0.4, 0.5) is 0 Å². The second-order valence-electron chi connectivity index (χ2n) is 6.56. The Balaban J connectivity index is 1.88. The Labute approximate surface area is 183 Å². The first-order valence-electron chi connectivity index (χ1n) is 9.38. The van der Waals surface area contributed by atoms with Crippen molar-refractivity contribution < 1.29 is 38.9 Å². The summed E-state index contributed by atoms with van der Waals surface area (Å²) in [5.74, 6) is -2.71. The van der Waals surface area contributed by atoms with Gasteiger partial charge in [0.25, 0.3) is 0 Å². The fraction of sp³-hybridized carbons (Fsp3) is 0.182. The zero-order valence-electron chi connectivity index (χ0n) is 17.4. The molecule has 0 unspecified atom stereocenters. The molecule has 4 N–H and O–H groups in total. The zero-order valence-corrected chi connectivity index (χ0v) is 17.4. The Hall–Kier alpha value is -4.34. The van der Waals surface area contributed by atoms with Crippen LogP contribution >= 0.6 is 0 Å². The number of hydrogen-bond donors (Lipinski definition) is 4. The maximum absolute atomic E-state index is 12.0. The fourth-order valence-corrected chi connectivity index (χ4v) is 2.46. The van der Waals surface area contributed by atoms with Gasteiger partial charge >= 0.3 is 11.9 Å². The lowest BCUT2D eigenvalue weighted by molar-refractivity contribution is -0.134. The molecule has 0 radical (unpaired) electrons. The van der Waals surface area contributed by atoms with Crippen molar-refractivity contribution in [3.05, 3.63) is 59.7 Å². The van der Waals surface area contributed by atoms with Crippen molar-refractivity contribution in [2.75, 3.05) is 0 Å². The first-order chi connectivity index (χ1) is 15.1. The number of carbonyl (C=O) groups is 4. The van der Waals surface area contributed by atoms with Crippen LogP contribution in [0.25, 0.3) is 0 Å². The number of benzene rings is 2. The average molecular weight is 442 g/mol. The van der Waals surface area contributed by atoms with Gasteiger partial charge in [-0.25, -0.2) is 0 Å². The largest absolute Gasteiger partial charge is 0.504 e. The number of ether oxygens (including phenoxy) is 2. The lowest BCUT2D eigenvalue weighted by Crippen LogP contribution is -2.23. The van der Waals surface area contributed by atoms with Gasteiger partial charge in [-0.3, -0.25) is 19.2 Å². The van der Waals surface area contributed by atoms with E-state index in [1.54, 1.807) is 6.07 Å². The molecule has 0 aliphatic rings. The summed E-state index contributed by atoms with van der Waals surface area (Å²) >= 11 is 0. The molecule has 0 saturated carbocycles. The highest BCUT2D eigenvalue weighted by Crippen LogP contribution is 2.29. The molecule has 10 heteroatoms. The summed E-state index contributed by atoms with van der Waals surface area (Å²) in [6.07, 6.45) is 2.09. The molecular weight excluding hydrogens is 420 g/mol. The van der Waals surface area contributed by atoms with Crippen LogP contribution < -0.4 is 20.1 Å². The minimum Gasteiger partial charge on any atom is -0.504 e. The molecule has 2 aromatic carbocycles. The van der Waals surface area contributed by atoms with Gasteiger partial charge in [0.15, 0.2) is 23.0 Å². The summed E-state index contributed by atoms with van der Waals surface area (Å²) in [6, 6.07) is 8.60. The van der Waals surface area contributed by atoms with Crippen molar-refractivity contribution >= 4 is 23.8 Å². The molecule has 0 fully saturated rings. The molecule has 0 aromatic heterocycles. The third kappa shape index (κ3) is 7.82. The Kier molecular flexibility index (Phi) is 8.35. The number of aromatic hydroxyl groups is 2. The number of amides is 2. The number of hydrogen-bond acceptors (Lipinski definition) is 8. The van der Waals surface area contributed by atoms with Crippen LogP contribution in [0, 0.1) is 0 Å². The van der Waals surface area contributed by atoms with E-state index in [9.17, 15) is 29.4 Å². The molecular formula is C22H22N2O8. The minimum atomic E-state index is -0.601. The predicted molar refractivity (Wildman–Crippen MR) is 112 cm³/mol. The predicted octanol–water partition coefficient (Wildman–Crippen LogP) is 1.44. The molecule has 2 aromatic rings. The third-order valence-corrected chi connectivity index (χ3v) is 3.87. The lowest BCUT2D eigenvalue weighted by atomic mass is 10.2. The SMILES string of the molecule is CC(=O)Oc1ccc(CNC(=O)/C=C\C(=O)NCc2ccc(O)c(O)c2)cc1OC(C)=O. The van der Waals surface area contributed by atoms with Gasteiger partial charge in [-0.15, -0.1) is 0 Å². The molecule has 32 heavy (non-hydrogen) atoms. The Morgan fingerprint density at radius 3 is 1.78 bits per heavy atom.